The van der Waals surface area contributed by atoms with Gasteiger partial charge in [0.05, 0.1) is 0 Å². The molecule has 3 heteroatoms. The largest absolute Gasteiger partial charge is 0.459 e. The highest BCUT2D eigenvalue weighted by Crippen LogP contribution is 2.67. The SMILES string of the molecule is C/C(Cl)=C(/C)C(=O)O[C@H]1CC[C@@]2(C)C(=CC[C@H]3[C@@H]4CC[C@H]([C@H](C)CCCC(C)C)[C@@]4(C)CC[C@@H]32)C1. The molecule has 0 aliphatic heterocycles. The summed E-state index contributed by atoms with van der Waals surface area (Å²) in [6.45, 7) is 16.0. The summed E-state index contributed by atoms with van der Waals surface area (Å²) in [5.74, 6) is 4.91. The summed E-state index contributed by atoms with van der Waals surface area (Å²) in [7, 11) is 0. The second-order valence-corrected chi connectivity index (χ2v) is 14.3. The smallest absolute Gasteiger partial charge is 0.335 e. The number of carbonyl (C=O) groups excluding carboxylic acids is 1. The Morgan fingerprint density at radius 1 is 1.06 bits per heavy atom. The Balaban J connectivity index is 1.44. The third-order valence-corrected chi connectivity index (χ3v) is 11.6. The molecule has 0 radical (unpaired) electrons. The zero-order valence-corrected chi connectivity index (χ0v) is 24.3. The monoisotopic (exact) mass is 502 g/mol. The minimum Gasteiger partial charge on any atom is -0.459 e. The van der Waals surface area contributed by atoms with Gasteiger partial charge < -0.3 is 4.74 Å². The zero-order valence-electron chi connectivity index (χ0n) is 23.6. The summed E-state index contributed by atoms with van der Waals surface area (Å²) in [5, 5.41) is 0.532. The Morgan fingerprint density at radius 3 is 2.49 bits per heavy atom. The summed E-state index contributed by atoms with van der Waals surface area (Å²) < 4.78 is 5.90. The highest BCUT2D eigenvalue weighted by Gasteiger charge is 2.59. The fourth-order valence-electron chi connectivity index (χ4n) is 9.13. The topological polar surface area (TPSA) is 26.3 Å². The van der Waals surface area contributed by atoms with E-state index in [1.807, 2.05) is 0 Å². The lowest BCUT2D eigenvalue weighted by Crippen LogP contribution is -2.51. The first kappa shape index (κ1) is 27.3. The van der Waals surface area contributed by atoms with Gasteiger partial charge in [-0.15, -0.1) is 0 Å². The normalized spacial score (nSPS) is 40.3. The van der Waals surface area contributed by atoms with Crippen LogP contribution in [-0.2, 0) is 9.53 Å². The van der Waals surface area contributed by atoms with Crippen LogP contribution < -0.4 is 0 Å². The average Bonchev–Trinajstić information content (AvgIpc) is 3.15. The zero-order chi connectivity index (χ0) is 25.5. The van der Waals surface area contributed by atoms with Crippen molar-refractivity contribution < 1.29 is 9.53 Å². The van der Waals surface area contributed by atoms with Crippen LogP contribution in [0.3, 0.4) is 0 Å². The molecule has 0 heterocycles. The molecule has 4 aliphatic rings. The van der Waals surface area contributed by atoms with Crippen molar-refractivity contribution in [1.29, 1.82) is 0 Å². The predicted molar refractivity (Wildman–Crippen MR) is 147 cm³/mol. The Morgan fingerprint density at radius 2 is 1.80 bits per heavy atom. The van der Waals surface area contributed by atoms with E-state index in [1.54, 1.807) is 19.4 Å². The maximum atomic E-state index is 12.5. The second kappa shape index (κ2) is 10.5. The van der Waals surface area contributed by atoms with E-state index in [0.29, 0.717) is 21.4 Å². The molecule has 0 saturated heterocycles. The van der Waals surface area contributed by atoms with Crippen molar-refractivity contribution in [3.8, 4) is 0 Å². The van der Waals surface area contributed by atoms with Crippen LogP contribution in [-0.4, -0.2) is 12.1 Å². The van der Waals surface area contributed by atoms with Crippen LogP contribution in [0.5, 0.6) is 0 Å². The molecule has 0 aromatic rings. The summed E-state index contributed by atoms with van der Waals surface area (Å²) in [6.07, 6.45) is 16.8. The lowest BCUT2D eigenvalue weighted by atomic mass is 9.47. The molecule has 8 atom stereocenters. The molecule has 0 unspecified atom stereocenters. The summed E-state index contributed by atoms with van der Waals surface area (Å²) in [4.78, 5) is 12.5. The number of fused-ring (bicyclic) bond motifs is 5. The Hall–Kier alpha value is -0.760. The number of esters is 1. The van der Waals surface area contributed by atoms with E-state index in [-0.39, 0.29) is 12.1 Å². The van der Waals surface area contributed by atoms with E-state index in [9.17, 15) is 4.79 Å². The van der Waals surface area contributed by atoms with Gasteiger partial charge in [0.1, 0.15) is 6.10 Å². The van der Waals surface area contributed by atoms with Crippen molar-refractivity contribution >= 4 is 17.6 Å². The third kappa shape index (κ3) is 5.17. The molecule has 3 saturated carbocycles. The molecule has 4 rings (SSSR count). The lowest BCUT2D eigenvalue weighted by Gasteiger charge is -2.58. The van der Waals surface area contributed by atoms with E-state index in [4.69, 9.17) is 16.3 Å². The van der Waals surface area contributed by atoms with Gasteiger partial charge in [-0.1, -0.05) is 77.1 Å². The molecule has 0 amide bonds. The van der Waals surface area contributed by atoms with Crippen LogP contribution in [0.25, 0.3) is 0 Å². The first-order valence-corrected chi connectivity index (χ1v) is 15.1. The number of rotatable bonds is 7. The van der Waals surface area contributed by atoms with Gasteiger partial charge in [-0.2, -0.15) is 0 Å². The predicted octanol–water partition coefficient (Wildman–Crippen LogP) is 9.47. The van der Waals surface area contributed by atoms with Gasteiger partial charge in [-0.3, -0.25) is 0 Å². The molecule has 0 aromatic heterocycles. The van der Waals surface area contributed by atoms with Crippen molar-refractivity contribution in [2.24, 2.45) is 46.3 Å². The van der Waals surface area contributed by atoms with Gasteiger partial charge in [0.2, 0.25) is 0 Å². The summed E-state index contributed by atoms with van der Waals surface area (Å²) >= 11 is 6.04. The van der Waals surface area contributed by atoms with E-state index in [0.717, 1.165) is 54.8 Å². The number of ether oxygens (including phenoxy) is 1. The van der Waals surface area contributed by atoms with E-state index >= 15 is 0 Å². The molecule has 0 aromatic carbocycles. The van der Waals surface area contributed by atoms with Gasteiger partial charge in [-0.25, -0.2) is 4.79 Å². The maximum absolute atomic E-state index is 12.5. The molecule has 0 spiro atoms. The Labute approximate surface area is 220 Å². The van der Waals surface area contributed by atoms with Gasteiger partial charge in [0, 0.05) is 17.0 Å². The Bertz CT molecular complexity index is 852. The first-order chi connectivity index (χ1) is 16.5. The Kier molecular flexibility index (Phi) is 8.22. The van der Waals surface area contributed by atoms with Crippen molar-refractivity contribution in [2.75, 3.05) is 0 Å². The molecular formula is C32H51ClO2. The number of carbonyl (C=O) groups is 1. The molecule has 0 N–H and O–H groups in total. The number of hydrogen-bond acceptors (Lipinski definition) is 2. The summed E-state index contributed by atoms with van der Waals surface area (Å²) in [6, 6.07) is 0. The molecule has 35 heavy (non-hydrogen) atoms. The van der Waals surface area contributed by atoms with Crippen LogP contribution in [0.1, 0.15) is 119 Å². The second-order valence-electron chi connectivity index (χ2n) is 13.7. The van der Waals surface area contributed by atoms with Crippen molar-refractivity contribution in [3.63, 3.8) is 0 Å². The number of allylic oxidation sites excluding steroid dienone is 2. The van der Waals surface area contributed by atoms with Crippen LogP contribution in [0.15, 0.2) is 22.3 Å². The standard InChI is InChI=1S/C32H51ClO2/c1-20(2)9-8-10-21(3)27-13-14-28-26-12-11-24-19-25(35-30(34)22(4)23(5)33)15-17-31(24,6)29(26)16-18-32(27,28)7/h11,20-21,25-29H,8-10,12-19H2,1-7H3/b23-22+/t21-,25+,26+,27-,28+,29+,31+,32-/m1/s1. The molecule has 198 valence electrons. The average molecular weight is 503 g/mol. The summed E-state index contributed by atoms with van der Waals surface area (Å²) in [5.41, 5.74) is 2.95. The van der Waals surface area contributed by atoms with Crippen molar-refractivity contribution in [2.45, 2.75) is 125 Å². The van der Waals surface area contributed by atoms with E-state index < -0.39 is 0 Å². The van der Waals surface area contributed by atoms with E-state index in [1.165, 1.54) is 51.4 Å². The van der Waals surface area contributed by atoms with Crippen LogP contribution in [0.2, 0.25) is 0 Å². The molecule has 2 nitrogen and oxygen atoms in total. The molecule has 3 fully saturated rings. The van der Waals surface area contributed by atoms with Crippen molar-refractivity contribution in [3.05, 3.63) is 22.3 Å². The van der Waals surface area contributed by atoms with E-state index in [2.05, 4.69) is 40.7 Å². The quantitative estimate of drug-likeness (QED) is 0.197. The van der Waals surface area contributed by atoms with Crippen molar-refractivity contribution in [1.82, 2.24) is 0 Å². The third-order valence-electron chi connectivity index (χ3n) is 11.4. The first-order valence-electron chi connectivity index (χ1n) is 14.7. The number of halogens is 1. The maximum Gasteiger partial charge on any atom is 0.335 e. The number of hydrogen-bond donors (Lipinski definition) is 0. The highest BCUT2D eigenvalue weighted by molar-refractivity contribution is 6.31. The minimum atomic E-state index is -0.242. The van der Waals surface area contributed by atoms with Crippen LogP contribution in [0.4, 0.5) is 0 Å². The molecule has 4 aliphatic carbocycles. The highest BCUT2D eigenvalue weighted by atomic mass is 35.5. The molecule has 0 bridgehead atoms. The van der Waals surface area contributed by atoms with Crippen LogP contribution >= 0.6 is 11.6 Å². The van der Waals surface area contributed by atoms with Gasteiger partial charge in [0.25, 0.3) is 0 Å². The molecular weight excluding hydrogens is 452 g/mol. The van der Waals surface area contributed by atoms with Gasteiger partial charge in [-0.05, 0) is 105 Å². The fraction of sp³-hybridized carbons (Fsp3) is 0.844. The fourth-order valence-corrected chi connectivity index (χ4v) is 9.21. The minimum absolute atomic E-state index is 0.000692. The van der Waals surface area contributed by atoms with Gasteiger partial charge >= 0.3 is 5.97 Å². The van der Waals surface area contributed by atoms with Gasteiger partial charge in [0.15, 0.2) is 0 Å². The lowest BCUT2D eigenvalue weighted by molar-refractivity contribution is -0.146. The van der Waals surface area contributed by atoms with Crippen LogP contribution in [0, 0.1) is 46.3 Å².